The van der Waals surface area contributed by atoms with E-state index >= 15 is 0 Å². The number of hydrazine groups is 1. The molecule has 132 valence electrons. The summed E-state index contributed by atoms with van der Waals surface area (Å²) >= 11 is 1.53. The van der Waals surface area contributed by atoms with Gasteiger partial charge in [0.05, 0.1) is 11.5 Å². The molecular weight excluding hydrogens is 336 g/mol. The molecule has 1 aromatic carbocycles. The number of carbonyl (C=O) groups is 2. The Morgan fingerprint density at radius 2 is 1.84 bits per heavy atom. The van der Waals surface area contributed by atoms with Gasteiger partial charge in [0.1, 0.15) is 6.61 Å². The fourth-order valence-corrected chi connectivity index (χ4v) is 3.99. The van der Waals surface area contributed by atoms with Crippen LogP contribution in [-0.2, 0) is 29.0 Å². The Bertz CT molecular complexity index is 704. The zero-order valence-electron chi connectivity index (χ0n) is 14.0. The van der Waals surface area contributed by atoms with Crippen molar-refractivity contribution < 1.29 is 14.3 Å². The number of fused-ring (bicyclic) bond motifs is 1. The van der Waals surface area contributed by atoms with Gasteiger partial charge in [-0.2, -0.15) is 0 Å². The Balaban J connectivity index is 1.42. The van der Waals surface area contributed by atoms with Gasteiger partial charge in [-0.05, 0) is 42.9 Å². The minimum Gasteiger partial charge on any atom is -0.367 e. The third-order valence-electron chi connectivity index (χ3n) is 4.13. The molecule has 1 heterocycles. The molecule has 0 aliphatic heterocycles. The number of benzene rings is 1. The summed E-state index contributed by atoms with van der Waals surface area (Å²) in [6.45, 7) is 0.260. The number of aryl methyl sites for hydroxylation is 2. The van der Waals surface area contributed by atoms with Crippen LogP contribution in [0.25, 0.3) is 0 Å². The zero-order valence-corrected chi connectivity index (χ0v) is 14.9. The maximum Gasteiger partial charge on any atom is 0.279 e. The predicted molar refractivity (Wildman–Crippen MR) is 97.3 cm³/mol. The standard InChI is InChI=1S/C19H22N2O3S/c22-18(13-24-12-14-7-3-1-4-8-14)20-21-19(23)17-11-15-9-5-2-6-10-16(15)25-17/h1,3-4,7-8,11H,2,5-6,9-10,12-13H2,(H,20,22)(H,21,23). The molecule has 1 aliphatic rings. The molecule has 6 heteroatoms. The van der Waals surface area contributed by atoms with Crippen LogP contribution >= 0.6 is 11.3 Å². The third kappa shape index (κ3) is 5.14. The van der Waals surface area contributed by atoms with Crippen molar-refractivity contribution in [3.05, 3.63) is 57.3 Å². The van der Waals surface area contributed by atoms with E-state index in [-0.39, 0.29) is 18.4 Å². The molecule has 0 radical (unpaired) electrons. The summed E-state index contributed by atoms with van der Waals surface area (Å²) in [6.07, 6.45) is 5.71. The molecule has 0 spiro atoms. The maximum atomic E-state index is 12.2. The molecule has 1 aromatic heterocycles. The van der Waals surface area contributed by atoms with Crippen LogP contribution < -0.4 is 10.9 Å². The van der Waals surface area contributed by atoms with Crippen molar-refractivity contribution in [3.63, 3.8) is 0 Å². The van der Waals surface area contributed by atoms with Crippen LogP contribution in [0.2, 0.25) is 0 Å². The van der Waals surface area contributed by atoms with E-state index in [4.69, 9.17) is 4.74 Å². The third-order valence-corrected chi connectivity index (χ3v) is 5.37. The van der Waals surface area contributed by atoms with E-state index in [1.165, 1.54) is 41.0 Å². The van der Waals surface area contributed by atoms with Crippen LogP contribution in [0.1, 0.15) is 44.9 Å². The summed E-state index contributed by atoms with van der Waals surface area (Å²) in [4.78, 5) is 25.9. The van der Waals surface area contributed by atoms with E-state index in [0.29, 0.717) is 11.5 Å². The number of amides is 2. The minimum absolute atomic E-state index is 0.101. The number of ether oxygens (including phenoxy) is 1. The molecule has 25 heavy (non-hydrogen) atoms. The van der Waals surface area contributed by atoms with Gasteiger partial charge in [-0.3, -0.25) is 20.4 Å². The number of thiophene rings is 1. The summed E-state index contributed by atoms with van der Waals surface area (Å²) in [7, 11) is 0. The monoisotopic (exact) mass is 358 g/mol. The van der Waals surface area contributed by atoms with Gasteiger partial charge < -0.3 is 4.74 Å². The molecule has 0 saturated carbocycles. The topological polar surface area (TPSA) is 67.4 Å². The van der Waals surface area contributed by atoms with Crippen molar-refractivity contribution in [2.45, 2.75) is 38.7 Å². The van der Waals surface area contributed by atoms with Crippen molar-refractivity contribution in [2.24, 2.45) is 0 Å². The molecule has 2 aromatic rings. The van der Waals surface area contributed by atoms with Crippen molar-refractivity contribution in [1.82, 2.24) is 10.9 Å². The van der Waals surface area contributed by atoms with Crippen LogP contribution in [-0.4, -0.2) is 18.4 Å². The fraction of sp³-hybridized carbons (Fsp3) is 0.368. The molecule has 5 nitrogen and oxygen atoms in total. The Labute approximate surface area is 151 Å². The highest BCUT2D eigenvalue weighted by molar-refractivity contribution is 7.14. The first-order valence-corrected chi connectivity index (χ1v) is 9.36. The lowest BCUT2D eigenvalue weighted by atomic mass is 10.1. The highest BCUT2D eigenvalue weighted by Gasteiger charge is 2.16. The van der Waals surface area contributed by atoms with Crippen LogP contribution in [0.4, 0.5) is 0 Å². The van der Waals surface area contributed by atoms with Crippen molar-refractivity contribution in [2.75, 3.05) is 6.61 Å². The first kappa shape index (κ1) is 17.6. The van der Waals surface area contributed by atoms with E-state index in [1.807, 2.05) is 36.4 Å². The first-order chi connectivity index (χ1) is 12.2. The second kappa shape index (κ2) is 8.78. The quantitative estimate of drug-likeness (QED) is 0.638. The van der Waals surface area contributed by atoms with Gasteiger partial charge >= 0.3 is 0 Å². The lowest BCUT2D eigenvalue weighted by Gasteiger charge is -2.07. The zero-order chi connectivity index (χ0) is 17.5. The first-order valence-electron chi connectivity index (χ1n) is 8.55. The average molecular weight is 358 g/mol. The van der Waals surface area contributed by atoms with E-state index in [0.717, 1.165) is 18.4 Å². The number of rotatable bonds is 5. The van der Waals surface area contributed by atoms with Crippen LogP contribution in [0.3, 0.4) is 0 Å². The van der Waals surface area contributed by atoms with Crippen molar-refractivity contribution >= 4 is 23.2 Å². The summed E-state index contributed by atoms with van der Waals surface area (Å²) in [5.41, 5.74) is 7.15. The molecule has 1 aliphatic carbocycles. The highest BCUT2D eigenvalue weighted by atomic mass is 32.1. The van der Waals surface area contributed by atoms with Gasteiger partial charge in [-0.25, -0.2) is 0 Å². The average Bonchev–Trinajstić information content (AvgIpc) is 2.91. The summed E-state index contributed by atoms with van der Waals surface area (Å²) in [6, 6.07) is 11.6. The van der Waals surface area contributed by atoms with Crippen LogP contribution in [0, 0.1) is 0 Å². The lowest BCUT2D eigenvalue weighted by molar-refractivity contribution is -0.126. The predicted octanol–water partition coefficient (Wildman–Crippen LogP) is 2.99. The van der Waals surface area contributed by atoms with Gasteiger partial charge in [0.2, 0.25) is 0 Å². The van der Waals surface area contributed by atoms with E-state index in [1.54, 1.807) is 0 Å². The molecule has 0 saturated heterocycles. The van der Waals surface area contributed by atoms with Gasteiger partial charge in [0.25, 0.3) is 11.8 Å². The minimum atomic E-state index is -0.373. The number of nitrogens with one attached hydrogen (secondary N) is 2. The normalized spacial score (nSPS) is 13.6. The van der Waals surface area contributed by atoms with Crippen LogP contribution in [0.15, 0.2) is 36.4 Å². The lowest BCUT2D eigenvalue weighted by Crippen LogP contribution is -2.43. The molecule has 2 amide bonds. The van der Waals surface area contributed by atoms with Gasteiger partial charge in [0.15, 0.2) is 0 Å². The maximum absolute atomic E-state index is 12.2. The second-order valence-corrected chi connectivity index (χ2v) is 7.24. The van der Waals surface area contributed by atoms with Crippen molar-refractivity contribution in [1.29, 1.82) is 0 Å². The van der Waals surface area contributed by atoms with Crippen molar-refractivity contribution in [3.8, 4) is 0 Å². The molecule has 2 N–H and O–H groups in total. The smallest absolute Gasteiger partial charge is 0.279 e. The van der Waals surface area contributed by atoms with Gasteiger partial charge in [-0.1, -0.05) is 36.8 Å². The molecule has 0 atom stereocenters. The summed E-state index contributed by atoms with van der Waals surface area (Å²) in [5, 5.41) is 0. The Kier molecular flexibility index (Phi) is 6.19. The Morgan fingerprint density at radius 1 is 1.04 bits per heavy atom. The molecule has 3 rings (SSSR count). The number of hydrogen-bond donors (Lipinski definition) is 2. The van der Waals surface area contributed by atoms with E-state index in [9.17, 15) is 9.59 Å². The van der Waals surface area contributed by atoms with E-state index in [2.05, 4.69) is 10.9 Å². The fourth-order valence-electron chi connectivity index (χ4n) is 2.84. The Hall–Kier alpha value is -2.18. The molecule has 0 fully saturated rings. The van der Waals surface area contributed by atoms with Gasteiger partial charge in [0, 0.05) is 4.88 Å². The van der Waals surface area contributed by atoms with Crippen LogP contribution in [0.5, 0.6) is 0 Å². The summed E-state index contributed by atoms with van der Waals surface area (Å²) in [5.74, 6) is -0.642. The van der Waals surface area contributed by atoms with E-state index < -0.39 is 0 Å². The Morgan fingerprint density at radius 3 is 2.68 bits per heavy atom. The summed E-state index contributed by atoms with van der Waals surface area (Å²) < 4.78 is 5.34. The van der Waals surface area contributed by atoms with Gasteiger partial charge in [-0.15, -0.1) is 11.3 Å². The number of carbonyl (C=O) groups excluding carboxylic acids is 2. The molecule has 0 unspecified atom stereocenters. The number of hydrogen-bond acceptors (Lipinski definition) is 4. The second-order valence-electron chi connectivity index (χ2n) is 6.10. The molecule has 0 bridgehead atoms. The molecular formula is C19H22N2O3S. The largest absolute Gasteiger partial charge is 0.367 e. The highest BCUT2D eigenvalue weighted by Crippen LogP contribution is 2.28. The SMILES string of the molecule is O=C(COCc1ccccc1)NNC(=O)c1cc2c(s1)CCCCC2.